The number of amides is 1. The molecule has 0 radical (unpaired) electrons. The van der Waals surface area contributed by atoms with Gasteiger partial charge in [-0.2, -0.15) is 0 Å². The number of anilines is 2. The second-order valence-corrected chi connectivity index (χ2v) is 5.99. The lowest BCUT2D eigenvalue weighted by molar-refractivity contribution is -0.119. The molecule has 1 fully saturated rings. The quantitative estimate of drug-likeness (QED) is 0.899. The Morgan fingerprint density at radius 3 is 2.87 bits per heavy atom. The molecule has 1 amide bonds. The maximum Gasteiger partial charge on any atom is 0.240 e. The molecule has 4 rings (SSSR count). The Morgan fingerprint density at radius 1 is 1.26 bits per heavy atom. The number of hydrogen-bond donors (Lipinski definition) is 2. The summed E-state index contributed by atoms with van der Waals surface area (Å²) in [6.45, 7) is 1.66. The van der Waals surface area contributed by atoms with Crippen LogP contribution in [0.2, 0.25) is 0 Å². The molecule has 1 aromatic carbocycles. The summed E-state index contributed by atoms with van der Waals surface area (Å²) in [6, 6.07) is 9.64. The number of fused-ring (bicyclic) bond motifs is 1. The summed E-state index contributed by atoms with van der Waals surface area (Å²) in [7, 11) is 0. The van der Waals surface area contributed by atoms with Crippen LogP contribution in [-0.2, 0) is 11.2 Å². The van der Waals surface area contributed by atoms with Crippen molar-refractivity contribution in [2.24, 2.45) is 5.73 Å². The predicted octanol–water partition coefficient (Wildman–Crippen LogP) is 1.57. The third-order valence-electron chi connectivity index (χ3n) is 4.54. The summed E-state index contributed by atoms with van der Waals surface area (Å²) in [6.07, 6.45) is 2.63. The summed E-state index contributed by atoms with van der Waals surface area (Å²) < 4.78 is 0. The van der Waals surface area contributed by atoms with Gasteiger partial charge in [0.25, 0.3) is 0 Å². The van der Waals surface area contributed by atoms with E-state index in [1.54, 1.807) is 0 Å². The molecule has 3 N–H and O–H groups in total. The Hall–Kier alpha value is -2.63. The van der Waals surface area contributed by atoms with Crippen molar-refractivity contribution in [1.82, 2.24) is 9.97 Å². The second-order valence-electron chi connectivity index (χ2n) is 5.99. The van der Waals surface area contributed by atoms with Crippen LogP contribution in [0.5, 0.6) is 0 Å². The Morgan fingerprint density at radius 2 is 2.09 bits per heavy atom. The number of carbonyl (C=O) groups is 1. The zero-order valence-corrected chi connectivity index (χ0v) is 12.8. The minimum Gasteiger partial charge on any atom is -0.369 e. The van der Waals surface area contributed by atoms with Crippen molar-refractivity contribution in [1.29, 1.82) is 0 Å². The third kappa shape index (κ3) is 2.40. The molecule has 1 aromatic heterocycles. The van der Waals surface area contributed by atoms with Gasteiger partial charge in [0.15, 0.2) is 5.82 Å². The molecule has 0 saturated carbocycles. The lowest BCUT2D eigenvalue weighted by atomic mass is 10.1. The minimum absolute atomic E-state index is 0.266. The molecule has 118 valence electrons. The van der Waals surface area contributed by atoms with Gasteiger partial charge in [-0.15, -0.1) is 0 Å². The van der Waals surface area contributed by atoms with Crippen LogP contribution in [0.3, 0.4) is 0 Å². The fraction of sp³-hybridized carbons (Fsp3) is 0.353. The Labute approximate surface area is 134 Å². The van der Waals surface area contributed by atoms with E-state index in [1.807, 2.05) is 30.3 Å². The molecule has 2 aliphatic rings. The van der Waals surface area contributed by atoms with E-state index in [-0.39, 0.29) is 11.9 Å². The lowest BCUT2D eigenvalue weighted by Crippen LogP contribution is -2.41. The summed E-state index contributed by atoms with van der Waals surface area (Å²) in [5.74, 6) is 2.15. The van der Waals surface area contributed by atoms with Crippen LogP contribution < -0.4 is 16.0 Å². The summed E-state index contributed by atoms with van der Waals surface area (Å²) >= 11 is 0. The maximum absolute atomic E-state index is 11.8. The van der Waals surface area contributed by atoms with Crippen LogP contribution in [0.4, 0.5) is 11.6 Å². The molecule has 3 heterocycles. The SMILES string of the molecule is NC(=O)[C@@H]1CCCN1c1nc(-c2ccccc2)nc2c1CCN2. The summed E-state index contributed by atoms with van der Waals surface area (Å²) in [4.78, 5) is 23.3. The number of carbonyl (C=O) groups excluding carboxylic acids is 1. The van der Waals surface area contributed by atoms with Gasteiger partial charge in [0, 0.05) is 24.2 Å². The normalized spacial score (nSPS) is 19.5. The zero-order valence-electron chi connectivity index (χ0n) is 12.8. The van der Waals surface area contributed by atoms with Gasteiger partial charge in [0.2, 0.25) is 5.91 Å². The van der Waals surface area contributed by atoms with Crippen molar-refractivity contribution in [2.45, 2.75) is 25.3 Å². The number of nitrogens with one attached hydrogen (secondary N) is 1. The standard InChI is InChI=1S/C17H19N5O/c18-14(23)13-7-4-10-22(13)17-12-8-9-19-16(12)20-15(21-17)11-5-2-1-3-6-11/h1-3,5-6,13H,4,7-10H2,(H2,18,23)(H,19,20,21)/t13-/m0/s1. The highest BCUT2D eigenvalue weighted by molar-refractivity contribution is 5.85. The van der Waals surface area contributed by atoms with Crippen molar-refractivity contribution >= 4 is 17.5 Å². The molecule has 2 aliphatic heterocycles. The van der Waals surface area contributed by atoms with Crippen molar-refractivity contribution in [3.63, 3.8) is 0 Å². The smallest absolute Gasteiger partial charge is 0.240 e. The van der Waals surface area contributed by atoms with Crippen molar-refractivity contribution in [3.05, 3.63) is 35.9 Å². The van der Waals surface area contributed by atoms with E-state index in [0.717, 1.165) is 55.1 Å². The van der Waals surface area contributed by atoms with E-state index < -0.39 is 0 Å². The van der Waals surface area contributed by atoms with Crippen LogP contribution in [0, 0.1) is 0 Å². The molecular weight excluding hydrogens is 290 g/mol. The van der Waals surface area contributed by atoms with Gasteiger partial charge in [0.05, 0.1) is 0 Å². The topological polar surface area (TPSA) is 84.1 Å². The molecule has 2 aromatic rings. The first kappa shape index (κ1) is 14.0. The number of rotatable bonds is 3. The number of nitrogens with two attached hydrogens (primary N) is 1. The van der Waals surface area contributed by atoms with Crippen LogP contribution in [0.25, 0.3) is 11.4 Å². The molecular formula is C17H19N5O. The Bertz CT molecular complexity index is 746. The summed E-state index contributed by atoms with van der Waals surface area (Å²) in [5, 5.41) is 3.32. The van der Waals surface area contributed by atoms with Gasteiger partial charge in [-0.1, -0.05) is 30.3 Å². The van der Waals surface area contributed by atoms with E-state index >= 15 is 0 Å². The highest BCUT2D eigenvalue weighted by atomic mass is 16.1. The van der Waals surface area contributed by atoms with Crippen LogP contribution in [-0.4, -0.2) is 35.0 Å². The summed E-state index contributed by atoms with van der Waals surface area (Å²) in [5.41, 5.74) is 7.65. The number of aromatic nitrogens is 2. The van der Waals surface area contributed by atoms with Gasteiger partial charge in [-0.05, 0) is 19.3 Å². The van der Waals surface area contributed by atoms with Crippen LogP contribution in [0.15, 0.2) is 30.3 Å². The zero-order chi connectivity index (χ0) is 15.8. The van der Waals surface area contributed by atoms with E-state index in [1.165, 1.54) is 0 Å². The third-order valence-corrected chi connectivity index (χ3v) is 4.54. The van der Waals surface area contributed by atoms with E-state index in [0.29, 0.717) is 5.82 Å². The molecule has 1 atom stereocenters. The molecule has 0 aliphatic carbocycles. The number of benzene rings is 1. The molecule has 23 heavy (non-hydrogen) atoms. The van der Waals surface area contributed by atoms with Gasteiger partial charge in [-0.3, -0.25) is 4.79 Å². The Balaban J connectivity index is 1.83. The second kappa shape index (κ2) is 5.53. The van der Waals surface area contributed by atoms with E-state index in [4.69, 9.17) is 10.7 Å². The largest absolute Gasteiger partial charge is 0.369 e. The number of primary amides is 1. The molecule has 0 spiro atoms. The molecule has 0 unspecified atom stereocenters. The van der Waals surface area contributed by atoms with Gasteiger partial charge >= 0.3 is 0 Å². The predicted molar refractivity (Wildman–Crippen MR) is 89.2 cm³/mol. The van der Waals surface area contributed by atoms with Crippen molar-refractivity contribution in [3.8, 4) is 11.4 Å². The lowest BCUT2D eigenvalue weighted by Gasteiger charge is -2.25. The van der Waals surface area contributed by atoms with Gasteiger partial charge in [0.1, 0.15) is 17.7 Å². The highest BCUT2D eigenvalue weighted by Gasteiger charge is 2.33. The first-order valence-corrected chi connectivity index (χ1v) is 8.00. The number of hydrogen-bond acceptors (Lipinski definition) is 5. The van der Waals surface area contributed by atoms with Gasteiger partial charge in [-0.25, -0.2) is 9.97 Å². The van der Waals surface area contributed by atoms with E-state index in [2.05, 4.69) is 15.2 Å². The molecule has 6 heteroatoms. The average molecular weight is 309 g/mol. The molecule has 0 bridgehead atoms. The van der Waals surface area contributed by atoms with Crippen molar-refractivity contribution in [2.75, 3.05) is 23.3 Å². The average Bonchev–Trinajstić information content (AvgIpc) is 3.23. The van der Waals surface area contributed by atoms with Gasteiger partial charge < -0.3 is 16.0 Å². The first-order chi connectivity index (χ1) is 11.2. The maximum atomic E-state index is 11.8. The van der Waals surface area contributed by atoms with E-state index in [9.17, 15) is 4.79 Å². The fourth-order valence-electron chi connectivity index (χ4n) is 3.42. The van der Waals surface area contributed by atoms with Crippen LogP contribution in [0.1, 0.15) is 18.4 Å². The minimum atomic E-state index is -0.276. The fourth-order valence-corrected chi connectivity index (χ4v) is 3.42. The highest BCUT2D eigenvalue weighted by Crippen LogP contribution is 2.35. The Kier molecular flexibility index (Phi) is 3.37. The van der Waals surface area contributed by atoms with Crippen LogP contribution >= 0.6 is 0 Å². The number of nitrogens with zero attached hydrogens (tertiary/aromatic N) is 3. The van der Waals surface area contributed by atoms with Crippen molar-refractivity contribution < 1.29 is 4.79 Å². The molecule has 6 nitrogen and oxygen atoms in total. The monoisotopic (exact) mass is 309 g/mol. The first-order valence-electron chi connectivity index (χ1n) is 8.00. The molecule has 1 saturated heterocycles.